The van der Waals surface area contributed by atoms with E-state index in [1.165, 1.54) is 32.1 Å². The second-order valence-electron chi connectivity index (χ2n) is 5.57. The van der Waals surface area contributed by atoms with Crippen LogP contribution in [0.2, 0.25) is 0 Å². The van der Waals surface area contributed by atoms with Gasteiger partial charge in [0.25, 0.3) is 0 Å². The topological polar surface area (TPSA) is 40.5 Å². The third-order valence-corrected chi connectivity index (χ3v) is 4.36. The van der Waals surface area contributed by atoms with E-state index in [1.54, 1.807) is 0 Å². The van der Waals surface area contributed by atoms with Crippen molar-refractivity contribution in [3.05, 3.63) is 0 Å². The standard InChI is InChI=1S/C14H25NO2/c16-10-9-15(13-6-4-7-13)11-12-5-2-1-3-8-14(12)17/h12-13,16H,1-11H2. The van der Waals surface area contributed by atoms with E-state index in [1.807, 2.05) is 0 Å². The lowest BCUT2D eigenvalue weighted by Gasteiger charge is -2.38. The van der Waals surface area contributed by atoms with Crippen LogP contribution in [0.25, 0.3) is 0 Å². The summed E-state index contributed by atoms with van der Waals surface area (Å²) in [6.45, 7) is 1.86. The van der Waals surface area contributed by atoms with Gasteiger partial charge in [-0.2, -0.15) is 0 Å². The minimum atomic E-state index is 0.220. The van der Waals surface area contributed by atoms with Crippen LogP contribution in [0.1, 0.15) is 51.4 Å². The molecule has 2 saturated carbocycles. The van der Waals surface area contributed by atoms with Gasteiger partial charge < -0.3 is 5.11 Å². The molecule has 0 bridgehead atoms. The van der Waals surface area contributed by atoms with Crippen LogP contribution in [0, 0.1) is 5.92 Å². The number of aliphatic hydroxyl groups is 1. The first-order valence-electron chi connectivity index (χ1n) is 7.19. The Morgan fingerprint density at radius 3 is 2.59 bits per heavy atom. The van der Waals surface area contributed by atoms with E-state index < -0.39 is 0 Å². The molecule has 0 spiro atoms. The summed E-state index contributed by atoms with van der Waals surface area (Å²) in [5.41, 5.74) is 0. The van der Waals surface area contributed by atoms with Gasteiger partial charge in [-0.15, -0.1) is 0 Å². The molecule has 3 nitrogen and oxygen atoms in total. The van der Waals surface area contributed by atoms with Gasteiger partial charge in [0.1, 0.15) is 5.78 Å². The molecule has 2 aliphatic rings. The van der Waals surface area contributed by atoms with E-state index in [0.29, 0.717) is 11.8 Å². The van der Waals surface area contributed by atoms with Gasteiger partial charge in [-0.3, -0.25) is 9.69 Å². The largest absolute Gasteiger partial charge is 0.395 e. The molecule has 98 valence electrons. The molecule has 17 heavy (non-hydrogen) atoms. The molecule has 0 radical (unpaired) electrons. The number of Topliss-reactive ketones (excluding diaryl/α,β-unsaturated/α-hetero) is 1. The average molecular weight is 239 g/mol. The molecule has 0 aromatic heterocycles. The molecular weight excluding hydrogens is 214 g/mol. The fraction of sp³-hybridized carbons (Fsp3) is 0.929. The van der Waals surface area contributed by atoms with Crippen molar-refractivity contribution in [2.45, 2.75) is 57.4 Å². The molecular formula is C14H25NO2. The average Bonchev–Trinajstić information content (AvgIpc) is 2.42. The smallest absolute Gasteiger partial charge is 0.137 e. The van der Waals surface area contributed by atoms with Crippen molar-refractivity contribution in [2.75, 3.05) is 19.7 Å². The maximum atomic E-state index is 12.0. The highest BCUT2D eigenvalue weighted by atomic mass is 16.3. The van der Waals surface area contributed by atoms with Crippen LogP contribution in [0.5, 0.6) is 0 Å². The number of rotatable bonds is 5. The van der Waals surface area contributed by atoms with Gasteiger partial charge >= 0.3 is 0 Å². The zero-order valence-corrected chi connectivity index (χ0v) is 10.7. The highest BCUT2D eigenvalue weighted by Crippen LogP contribution is 2.27. The Labute approximate surface area is 104 Å². The van der Waals surface area contributed by atoms with Gasteiger partial charge in [-0.25, -0.2) is 0 Å². The van der Waals surface area contributed by atoms with Crippen molar-refractivity contribution in [1.82, 2.24) is 4.90 Å². The summed E-state index contributed by atoms with van der Waals surface area (Å²) in [7, 11) is 0. The minimum absolute atomic E-state index is 0.220. The highest BCUT2D eigenvalue weighted by Gasteiger charge is 2.29. The van der Waals surface area contributed by atoms with Crippen molar-refractivity contribution in [3.63, 3.8) is 0 Å². The summed E-state index contributed by atoms with van der Waals surface area (Å²) in [6, 6.07) is 0.637. The van der Waals surface area contributed by atoms with Crippen LogP contribution in [-0.2, 0) is 4.79 Å². The molecule has 1 unspecified atom stereocenters. The van der Waals surface area contributed by atoms with Crippen LogP contribution in [0.3, 0.4) is 0 Å². The van der Waals surface area contributed by atoms with Crippen LogP contribution in [-0.4, -0.2) is 41.5 Å². The fourth-order valence-corrected chi connectivity index (χ4v) is 3.01. The zero-order chi connectivity index (χ0) is 12.1. The van der Waals surface area contributed by atoms with E-state index >= 15 is 0 Å². The third kappa shape index (κ3) is 3.52. The summed E-state index contributed by atoms with van der Waals surface area (Å²) in [6.07, 6.45) is 9.15. The summed E-state index contributed by atoms with van der Waals surface area (Å²) < 4.78 is 0. The van der Waals surface area contributed by atoms with Crippen LogP contribution < -0.4 is 0 Å². The lowest BCUT2D eigenvalue weighted by Crippen LogP contribution is -2.45. The Hall–Kier alpha value is -0.410. The number of hydrogen-bond donors (Lipinski definition) is 1. The second kappa shape index (κ2) is 6.50. The summed E-state index contributed by atoms with van der Waals surface area (Å²) in [5, 5.41) is 9.13. The highest BCUT2D eigenvalue weighted by molar-refractivity contribution is 5.81. The quantitative estimate of drug-likeness (QED) is 0.746. The summed E-state index contributed by atoms with van der Waals surface area (Å²) in [5.74, 6) is 0.703. The molecule has 0 heterocycles. The predicted molar refractivity (Wildman–Crippen MR) is 67.9 cm³/mol. The van der Waals surface area contributed by atoms with Gasteiger partial charge in [0.2, 0.25) is 0 Å². The Morgan fingerprint density at radius 1 is 1.12 bits per heavy atom. The Kier molecular flexibility index (Phi) is 4.99. The first kappa shape index (κ1) is 13.0. The lowest BCUT2D eigenvalue weighted by molar-refractivity contribution is -0.123. The van der Waals surface area contributed by atoms with Crippen molar-refractivity contribution in [2.24, 2.45) is 5.92 Å². The molecule has 0 saturated heterocycles. The Morgan fingerprint density at radius 2 is 1.94 bits per heavy atom. The fourth-order valence-electron chi connectivity index (χ4n) is 3.01. The third-order valence-electron chi connectivity index (χ3n) is 4.36. The Bertz CT molecular complexity index is 251. The van der Waals surface area contributed by atoms with E-state index in [4.69, 9.17) is 5.11 Å². The minimum Gasteiger partial charge on any atom is -0.395 e. The molecule has 0 aromatic carbocycles. The molecule has 0 aromatic rings. The SMILES string of the molecule is O=C1CCCCCC1CN(CCO)C1CCC1. The number of aliphatic hydroxyl groups excluding tert-OH is 1. The number of carbonyl (C=O) groups is 1. The molecule has 2 aliphatic carbocycles. The van der Waals surface area contributed by atoms with Crippen molar-refractivity contribution >= 4 is 5.78 Å². The number of nitrogens with zero attached hydrogens (tertiary/aromatic N) is 1. The normalized spacial score (nSPS) is 26.9. The first-order valence-corrected chi connectivity index (χ1v) is 7.19. The number of hydrogen-bond acceptors (Lipinski definition) is 3. The molecule has 1 N–H and O–H groups in total. The number of carbonyl (C=O) groups excluding carboxylic acids is 1. The monoisotopic (exact) mass is 239 g/mol. The van der Waals surface area contributed by atoms with Crippen LogP contribution in [0.4, 0.5) is 0 Å². The van der Waals surface area contributed by atoms with Gasteiger partial charge in [-0.05, 0) is 25.7 Å². The van der Waals surface area contributed by atoms with E-state index in [-0.39, 0.29) is 12.5 Å². The maximum absolute atomic E-state index is 12.0. The molecule has 1 atom stereocenters. The zero-order valence-electron chi connectivity index (χ0n) is 10.7. The molecule has 0 aliphatic heterocycles. The van der Waals surface area contributed by atoms with Gasteiger partial charge in [0.15, 0.2) is 0 Å². The van der Waals surface area contributed by atoms with Crippen LogP contribution in [0.15, 0.2) is 0 Å². The molecule has 2 fully saturated rings. The second-order valence-corrected chi connectivity index (χ2v) is 5.57. The van der Waals surface area contributed by atoms with E-state index in [0.717, 1.165) is 32.4 Å². The summed E-state index contributed by atoms with van der Waals surface area (Å²) in [4.78, 5) is 14.4. The molecule has 3 heteroatoms. The van der Waals surface area contributed by atoms with Gasteiger partial charge in [0, 0.05) is 31.5 Å². The predicted octanol–water partition coefficient (Wildman–Crippen LogP) is 1.98. The maximum Gasteiger partial charge on any atom is 0.137 e. The van der Waals surface area contributed by atoms with Crippen molar-refractivity contribution < 1.29 is 9.90 Å². The molecule has 0 amide bonds. The van der Waals surface area contributed by atoms with Gasteiger partial charge in [-0.1, -0.05) is 19.3 Å². The summed E-state index contributed by atoms with van der Waals surface area (Å²) >= 11 is 0. The van der Waals surface area contributed by atoms with E-state index in [9.17, 15) is 4.79 Å². The van der Waals surface area contributed by atoms with Crippen LogP contribution >= 0.6 is 0 Å². The Balaban J connectivity index is 1.88. The lowest BCUT2D eigenvalue weighted by atomic mass is 9.89. The van der Waals surface area contributed by atoms with E-state index in [2.05, 4.69) is 4.90 Å². The van der Waals surface area contributed by atoms with Gasteiger partial charge in [0.05, 0.1) is 6.61 Å². The van der Waals surface area contributed by atoms with Crippen molar-refractivity contribution in [3.8, 4) is 0 Å². The number of ketones is 1. The first-order chi connectivity index (χ1) is 8.31. The molecule has 2 rings (SSSR count). The van der Waals surface area contributed by atoms with Crippen molar-refractivity contribution in [1.29, 1.82) is 0 Å².